The number of rotatable bonds is 5. The summed E-state index contributed by atoms with van der Waals surface area (Å²) < 4.78 is 0.853. The van der Waals surface area contributed by atoms with Crippen molar-refractivity contribution < 1.29 is 0 Å². The minimum atomic E-state index is 0.563. The van der Waals surface area contributed by atoms with Crippen molar-refractivity contribution in [3.05, 3.63) is 21.3 Å². The minimum Gasteiger partial charge on any atom is -0.185 e. The average Bonchev–Trinajstić information content (AvgIpc) is 2.60. The molecule has 76 valence electrons. The maximum atomic E-state index is 8.42. The van der Waals surface area contributed by atoms with Gasteiger partial charge in [-0.2, -0.15) is 5.26 Å². The number of nitriles is 1. The first-order valence-electron chi connectivity index (χ1n) is 4.54. The fourth-order valence-electron chi connectivity index (χ4n) is 1.34. The van der Waals surface area contributed by atoms with E-state index in [1.807, 2.05) is 6.07 Å². The van der Waals surface area contributed by atoms with Gasteiger partial charge in [0, 0.05) is 10.6 Å². The Labute approximate surface area is 98.1 Å². The van der Waals surface area contributed by atoms with Gasteiger partial charge in [-0.05, 0) is 42.7 Å². The number of thioether (sulfide) groups is 1. The molecule has 0 fully saturated rings. The fraction of sp³-hybridized carbons (Fsp3) is 0.500. The van der Waals surface area contributed by atoms with Crippen molar-refractivity contribution in [1.82, 2.24) is 0 Å². The van der Waals surface area contributed by atoms with Crippen molar-refractivity contribution in [2.45, 2.75) is 25.7 Å². The summed E-state index contributed by atoms with van der Waals surface area (Å²) in [5, 5.41) is 10.5. The molecule has 1 rings (SSSR count). The lowest BCUT2D eigenvalue weighted by Crippen LogP contribution is -1.95. The Morgan fingerprint density at radius 2 is 2.43 bits per heavy atom. The number of nitrogens with zero attached hydrogens (tertiary/aromatic N) is 1. The number of hydrogen-bond acceptors (Lipinski definition) is 3. The van der Waals surface area contributed by atoms with E-state index in [-0.39, 0.29) is 0 Å². The van der Waals surface area contributed by atoms with Crippen LogP contribution in [0.3, 0.4) is 0 Å². The van der Waals surface area contributed by atoms with Gasteiger partial charge in [0.05, 0.1) is 4.34 Å². The largest absolute Gasteiger partial charge is 0.185 e. The second-order valence-electron chi connectivity index (χ2n) is 2.98. The number of hydrogen-bond donors (Lipinski definition) is 0. The summed E-state index contributed by atoms with van der Waals surface area (Å²) >= 11 is 8.87. The lowest BCUT2D eigenvalue weighted by Gasteiger charge is -2.10. The van der Waals surface area contributed by atoms with Gasteiger partial charge < -0.3 is 0 Å². The predicted octanol–water partition coefficient (Wildman–Crippen LogP) is 4.50. The Bertz CT molecular complexity index is 316. The van der Waals surface area contributed by atoms with Crippen molar-refractivity contribution in [3.8, 4) is 5.40 Å². The maximum absolute atomic E-state index is 8.42. The van der Waals surface area contributed by atoms with Crippen LogP contribution in [0.1, 0.15) is 30.6 Å². The lowest BCUT2D eigenvalue weighted by molar-refractivity contribution is 0.659. The van der Waals surface area contributed by atoms with E-state index in [0.717, 1.165) is 22.9 Å². The van der Waals surface area contributed by atoms with Gasteiger partial charge in [-0.1, -0.05) is 18.5 Å². The molecule has 0 radical (unpaired) electrons. The molecule has 1 aromatic heterocycles. The van der Waals surface area contributed by atoms with Gasteiger partial charge >= 0.3 is 0 Å². The molecule has 1 heterocycles. The SMILES string of the molecule is CCC(CCSC#N)c1ccc(Cl)s1. The molecular weight excluding hydrogens is 234 g/mol. The topological polar surface area (TPSA) is 23.8 Å². The summed E-state index contributed by atoms with van der Waals surface area (Å²) in [5.74, 6) is 1.47. The third kappa shape index (κ3) is 3.53. The molecule has 1 nitrogen and oxygen atoms in total. The first-order valence-corrected chi connectivity index (χ1v) is 6.72. The second-order valence-corrected chi connectivity index (χ2v) is 5.60. The molecular formula is C10H12ClNS2. The zero-order valence-electron chi connectivity index (χ0n) is 8.00. The van der Waals surface area contributed by atoms with Crippen molar-refractivity contribution in [2.75, 3.05) is 5.75 Å². The standard InChI is InChI=1S/C10H12ClNS2/c1-2-8(5-6-13-7-12)9-3-4-10(11)14-9/h3-4,8H,2,5-6H2,1H3. The highest BCUT2D eigenvalue weighted by Gasteiger charge is 2.11. The molecule has 0 saturated carbocycles. The molecule has 14 heavy (non-hydrogen) atoms. The van der Waals surface area contributed by atoms with Gasteiger partial charge in [0.25, 0.3) is 0 Å². The molecule has 4 heteroatoms. The number of halogens is 1. The van der Waals surface area contributed by atoms with E-state index in [1.165, 1.54) is 16.6 Å². The Kier molecular flexibility index (Phi) is 5.39. The summed E-state index contributed by atoms with van der Waals surface area (Å²) in [6, 6.07) is 4.04. The van der Waals surface area contributed by atoms with Gasteiger partial charge in [0.1, 0.15) is 5.40 Å². The monoisotopic (exact) mass is 245 g/mol. The highest BCUT2D eigenvalue weighted by atomic mass is 35.5. The van der Waals surface area contributed by atoms with Crippen LogP contribution in [0.5, 0.6) is 0 Å². The molecule has 0 aliphatic carbocycles. The molecule has 0 saturated heterocycles. The second kappa shape index (κ2) is 6.34. The Hall–Kier alpha value is -0.170. The Morgan fingerprint density at radius 3 is 2.93 bits per heavy atom. The summed E-state index contributed by atoms with van der Waals surface area (Å²) in [6.07, 6.45) is 2.17. The van der Waals surface area contributed by atoms with Crippen LogP contribution in [-0.2, 0) is 0 Å². The van der Waals surface area contributed by atoms with Crippen LogP contribution in [0.25, 0.3) is 0 Å². The molecule has 1 unspecified atom stereocenters. The molecule has 0 bridgehead atoms. The number of thiophene rings is 1. The van der Waals surface area contributed by atoms with Crippen LogP contribution < -0.4 is 0 Å². The Morgan fingerprint density at radius 1 is 1.64 bits per heavy atom. The van der Waals surface area contributed by atoms with Gasteiger partial charge in [-0.3, -0.25) is 0 Å². The minimum absolute atomic E-state index is 0.563. The zero-order valence-corrected chi connectivity index (χ0v) is 10.4. The zero-order chi connectivity index (χ0) is 10.4. The van der Waals surface area contributed by atoms with Gasteiger partial charge in [-0.15, -0.1) is 11.3 Å². The summed E-state index contributed by atoms with van der Waals surface area (Å²) in [5.41, 5.74) is 0. The summed E-state index contributed by atoms with van der Waals surface area (Å²) in [4.78, 5) is 1.34. The summed E-state index contributed by atoms with van der Waals surface area (Å²) in [6.45, 7) is 2.18. The normalized spacial score (nSPS) is 12.4. The van der Waals surface area contributed by atoms with Crippen LogP contribution in [0.15, 0.2) is 12.1 Å². The molecule has 1 atom stereocenters. The van der Waals surface area contributed by atoms with Crippen LogP contribution in [0.2, 0.25) is 4.34 Å². The fourth-order valence-corrected chi connectivity index (χ4v) is 3.11. The van der Waals surface area contributed by atoms with E-state index >= 15 is 0 Å². The molecule has 0 spiro atoms. The predicted molar refractivity (Wildman–Crippen MR) is 65.0 cm³/mol. The maximum Gasteiger partial charge on any atom is 0.133 e. The van der Waals surface area contributed by atoms with Crippen LogP contribution in [-0.4, -0.2) is 5.75 Å². The summed E-state index contributed by atoms with van der Waals surface area (Å²) in [7, 11) is 0. The van der Waals surface area contributed by atoms with Crippen molar-refractivity contribution >= 4 is 34.7 Å². The highest BCUT2D eigenvalue weighted by Crippen LogP contribution is 2.32. The number of thiocyanates is 1. The molecule has 1 aromatic rings. The van der Waals surface area contributed by atoms with Gasteiger partial charge in [-0.25, -0.2) is 0 Å². The first kappa shape index (κ1) is 11.9. The highest BCUT2D eigenvalue weighted by molar-refractivity contribution is 8.03. The van der Waals surface area contributed by atoms with E-state index in [1.54, 1.807) is 11.3 Å². The molecule has 0 aliphatic rings. The van der Waals surface area contributed by atoms with Crippen molar-refractivity contribution in [3.63, 3.8) is 0 Å². The smallest absolute Gasteiger partial charge is 0.133 e. The third-order valence-corrected chi connectivity index (χ3v) is 4.08. The van der Waals surface area contributed by atoms with Crippen LogP contribution in [0, 0.1) is 10.7 Å². The van der Waals surface area contributed by atoms with Crippen LogP contribution in [0.4, 0.5) is 0 Å². The van der Waals surface area contributed by atoms with E-state index in [9.17, 15) is 0 Å². The molecule has 0 aromatic carbocycles. The van der Waals surface area contributed by atoms with E-state index in [0.29, 0.717) is 5.92 Å². The lowest BCUT2D eigenvalue weighted by atomic mass is 10.0. The van der Waals surface area contributed by atoms with E-state index in [4.69, 9.17) is 16.9 Å². The van der Waals surface area contributed by atoms with Gasteiger partial charge in [0.15, 0.2) is 0 Å². The quantitative estimate of drug-likeness (QED) is 0.563. The molecule has 0 N–H and O–H groups in total. The van der Waals surface area contributed by atoms with E-state index in [2.05, 4.69) is 18.4 Å². The van der Waals surface area contributed by atoms with E-state index < -0.39 is 0 Å². The van der Waals surface area contributed by atoms with Crippen molar-refractivity contribution in [1.29, 1.82) is 5.26 Å². The average molecular weight is 246 g/mol. The Balaban J connectivity index is 2.50. The molecule has 0 amide bonds. The molecule has 0 aliphatic heterocycles. The van der Waals surface area contributed by atoms with Crippen molar-refractivity contribution in [2.24, 2.45) is 0 Å². The first-order chi connectivity index (χ1) is 6.77. The van der Waals surface area contributed by atoms with Crippen LogP contribution >= 0.6 is 34.7 Å². The van der Waals surface area contributed by atoms with Gasteiger partial charge in [0.2, 0.25) is 0 Å². The third-order valence-electron chi connectivity index (χ3n) is 2.12.